The van der Waals surface area contributed by atoms with Crippen LogP contribution in [0.15, 0.2) is 30.6 Å². The van der Waals surface area contributed by atoms with Gasteiger partial charge in [-0.25, -0.2) is 4.39 Å². The van der Waals surface area contributed by atoms with Crippen molar-refractivity contribution in [3.05, 3.63) is 42.0 Å². The number of anilines is 2. The first-order chi connectivity index (χ1) is 8.60. The highest BCUT2D eigenvalue weighted by Gasteiger charge is 2.11. The fourth-order valence-corrected chi connectivity index (χ4v) is 1.52. The number of benzene rings is 1. The topological polar surface area (TPSA) is 72.9 Å². The quantitative estimate of drug-likeness (QED) is 0.814. The number of aryl methyl sites for hydroxylation is 1. The standard InChI is InChI=1S/C12H13FN4O/c1-2-17-7-9(6-15-17)16-12(18)10-5-8(13)3-4-11(10)14/h3-7H,2,14H2,1H3,(H,16,18). The molecule has 2 rings (SSSR count). The third kappa shape index (κ3) is 2.48. The molecule has 0 saturated carbocycles. The van der Waals surface area contributed by atoms with Crippen LogP contribution in [0.1, 0.15) is 17.3 Å². The summed E-state index contributed by atoms with van der Waals surface area (Å²) in [5.41, 5.74) is 6.52. The van der Waals surface area contributed by atoms with Crippen molar-refractivity contribution in [3.8, 4) is 0 Å². The Balaban J connectivity index is 2.19. The number of amides is 1. The van der Waals surface area contributed by atoms with E-state index in [0.29, 0.717) is 12.2 Å². The summed E-state index contributed by atoms with van der Waals surface area (Å²) in [6.07, 6.45) is 3.21. The number of rotatable bonds is 3. The number of nitrogens with one attached hydrogen (secondary N) is 1. The van der Waals surface area contributed by atoms with Crippen LogP contribution in [-0.4, -0.2) is 15.7 Å². The van der Waals surface area contributed by atoms with Gasteiger partial charge in [0, 0.05) is 18.4 Å². The van der Waals surface area contributed by atoms with Crippen molar-refractivity contribution >= 4 is 17.3 Å². The molecule has 0 aliphatic carbocycles. The molecule has 0 fully saturated rings. The van der Waals surface area contributed by atoms with Crippen LogP contribution < -0.4 is 11.1 Å². The first-order valence-electron chi connectivity index (χ1n) is 5.49. The van der Waals surface area contributed by atoms with Crippen LogP contribution in [-0.2, 0) is 6.54 Å². The predicted octanol–water partition coefficient (Wildman–Crippen LogP) is 1.88. The fourth-order valence-electron chi connectivity index (χ4n) is 1.52. The third-order valence-corrected chi connectivity index (χ3v) is 2.48. The first-order valence-corrected chi connectivity index (χ1v) is 5.49. The third-order valence-electron chi connectivity index (χ3n) is 2.48. The molecule has 0 saturated heterocycles. The van der Waals surface area contributed by atoms with E-state index in [2.05, 4.69) is 10.4 Å². The smallest absolute Gasteiger partial charge is 0.257 e. The lowest BCUT2D eigenvalue weighted by atomic mass is 10.1. The van der Waals surface area contributed by atoms with Crippen molar-refractivity contribution in [2.75, 3.05) is 11.1 Å². The number of halogens is 1. The maximum absolute atomic E-state index is 13.1. The van der Waals surface area contributed by atoms with Crippen LogP contribution in [0.2, 0.25) is 0 Å². The lowest BCUT2D eigenvalue weighted by molar-refractivity contribution is 0.102. The van der Waals surface area contributed by atoms with Gasteiger partial charge in [0.1, 0.15) is 5.82 Å². The van der Waals surface area contributed by atoms with Gasteiger partial charge in [-0.05, 0) is 25.1 Å². The van der Waals surface area contributed by atoms with Gasteiger partial charge < -0.3 is 11.1 Å². The summed E-state index contributed by atoms with van der Waals surface area (Å²) in [5.74, 6) is -0.957. The Kier molecular flexibility index (Phi) is 3.27. The molecule has 2 aromatic rings. The molecule has 1 heterocycles. The van der Waals surface area contributed by atoms with Crippen LogP contribution in [0.5, 0.6) is 0 Å². The van der Waals surface area contributed by atoms with Gasteiger partial charge in [0.25, 0.3) is 5.91 Å². The molecule has 18 heavy (non-hydrogen) atoms. The van der Waals surface area contributed by atoms with Gasteiger partial charge in [0.2, 0.25) is 0 Å². The minimum absolute atomic E-state index is 0.110. The van der Waals surface area contributed by atoms with Gasteiger partial charge in [0.15, 0.2) is 0 Å². The van der Waals surface area contributed by atoms with Crippen molar-refractivity contribution in [1.82, 2.24) is 9.78 Å². The second kappa shape index (κ2) is 4.87. The van der Waals surface area contributed by atoms with E-state index in [1.807, 2.05) is 6.92 Å². The van der Waals surface area contributed by atoms with Gasteiger partial charge in [0.05, 0.1) is 17.4 Å². The molecule has 0 bridgehead atoms. The fraction of sp³-hybridized carbons (Fsp3) is 0.167. The van der Waals surface area contributed by atoms with E-state index < -0.39 is 11.7 Å². The lowest BCUT2D eigenvalue weighted by Crippen LogP contribution is -2.14. The maximum Gasteiger partial charge on any atom is 0.257 e. The summed E-state index contributed by atoms with van der Waals surface area (Å²) in [6.45, 7) is 2.64. The molecule has 3 N–H and O–H groups in total. The summed E-state index contributed by atoms with van der Waals surface area (Å²) < 4.78 is 14.7. The van der Waals surface area contributed by atoms with Crippen LogP contribution in [0.4, 0.5) is 15.8 Å². The monoisotopic (exact) mass is 248 g/mol. The highest BCUT2D eigenvalue weighted by molar-refractivity contribution is 6.07. The average Bonchev–Trinajstić information content (AvgIpc) is 2.80. The molecular formula is C12H13FN4O. The van der Waals surface area contributed by atoms with E-state index >= 15 is 0 Å². The largest absolute Gasteiger partial charge is 0.398 e. The summed E-state index contributed by atoms with van der Waals surface area (Å²) >= 11 is 0. The Labute approximate surface area is 103 Å². The number of carbonyl (C=O) groups excluding carboxylic acids is 1. The number of nitrogens with two attached hydrogens (primary N) is 1. The SMILES string of the molecule is CCn1cc(NC(=O)c2cc(F)ccc2N)cn1. The molecule has 6 heteroatoms. The van der Waals surface area contributed by atoms with Crippen molar-refractivity contribution in [2.24, 2.45) is 0 Å². The summed E-state index contributed by atoms with van der Waals surface area (Å²) in [6, 6.07) is 3.68. The van der Waals surface area contributed by atoms with E-state index in [0.717, 1.165) is 6.07 Å². The number of hydrogen-bond donors (Lipinski definition) is 2. The van der Waals surface area contributed by atoms with Crippen LogP contribution in [0, 0.1) is 5.82 Å². The number of nitrogen functional groups attached to an aromatic ring is 1. The molecule has 0 aliphatic rings. The molecule has 1 amide bonds. The van der Waals surface area contributed by atoms with Crippen molar-refractivity contribution in [3.63, 3.8) is 0 Å². The Morgan fingerprint density at radius 3 is 3.00 bits per heavy atom. The number of carbonyl (C=O) groups is 1. The van der Waals surface area contributed by atoms with Gasteiger partial charge in [-0.2, -0.15) is 5.10 Å². The molecular weight excluding hydrogens is 235 g/mol. The van der Waals surface area contributed by atoms with Crippen molar-refractivity contribution in [2.45, 2.75) is 13.5 Å². The first kappa shape index (κ1) is 12.1. The Hall–Kier alpha value is -2.37. The lowest BCUT2D eigenvalue weighted by Gasteiger charge is -2.05. The number of nitrogens with zero attached hydrogens (tertiary/aromatic N) is 2. The summed E-state index contributed by atoms with van der Waals surface area (Å²) in [7, 11) is 0. The van der Waals surface area contributed by atoms with Gasteiger partial charge in [-0.1, -0.05) is 0 Å². The zero-order valence-corrected chi connectivity index (χ0v) is 9.85. The van der Waals surface area contributed by atoms with E-state index in [4.69, 9.17) is 5.73 Å². The van der Waals surface area contributed by atoms with Crippen LogP contribution in [0.25, 0.3) is 0 Å². The normalized spacial score (nSPS) is 10.3. The van der Waals surface area contributed by atoms with Crippen LogP contribution >= 0.6 is 0 Å². The Bertz CT molecular complexity index is 579. The van der Waals surface area contributed by atoms with Crippen molar-refractivity contribution < 1.29 is 9.18 Å². The zero-order valence-electron chi connectivity index (χ0n) is 9.85. The Morgan fingerprint density at radius 2 is 2.33 bits per heavy atom. The molecule has 5 nitrogen and oxygen atoms in total. The minimum atomic E-state index is -0.501. The highest BCUT2D eigenvalue weighted by Crippen LogP contribution is 2.15. The molecule has 0 radical (unpaired) electrons. The minimum Gasteiger partial charge on any atom is -0.398 e. The van der Waals surface area contributed by atoms with E-state index in [-0.39, 0.29) is 11.3 Å². The van der Waals surface area contributed by atoms with Gasteiger partial charge in [-0.15, -0.1) is 0 Å². The molecule has 0 atom stereocenters. The van der Waals surface area contributed by atoms with E-state index in [1.165, 1.54) is 18.3 Å². The Morgan fingerprint density at radius 1 is 1.56 bits per heavy atom. The molecule has 0 spiro atoms. The average molecular weight is 248 g/mol. The van der Waals surface area contributed by atoms with Gasteiger partial charge in [-0.3, -0.25) is 9.48 Å². The zero-order chi connectivity index (χ0) is 13.1. The second-order valence-corrected chi connectivity index (χ2v) is 3.77. The molecule has 1 aromatic heterocycles. The number of hydrogen-bond acceptors (Lipinski definition) is 3. The van der Waals surface area contributed by atoms with Crippen molar-refractivity contribution in [1.29, 1.82) is 0 Å². The molecule has 1 aromatic carbocycles. The highest BCUT2D eigenvalue weighted by atomic mass is 19.1. The molecule has 0 aliphatic heterocycles. The van der Waals surface area contributed by atoms with E-state index in [9.17, 15) is 9.18 Å². The molecule has 94 valence electrons. The maximum atomic E-state index is 13.1. The molecule has 0 unspecified atom stereocenters. The van der Waals surface area contributed by atoms with Crippen LogP contribution in [0.3, 0.4) is 0 Å². The summed E-state index contributed by atoms with van der Waals surface area (Å²) in [5, 5.41) is 6.63. The summed E-state index contributed by atoms with van der Waals surface area (Å²) in [4.78, 5) is 11.9. The van der Waals surface area contributed by atoms with E-state index in [1.54, 1.807) is 10.9 Å². The number of aromatic nitrogens is 2. The van der Waals surface area contributed by atoms with Gasteiger partial charge >= 0.3 is 0 Å². The second-order valence-electron chi connectivity index (χ2n) is 3.77. The predicted molar refractivity (Wildman–Crippen MR) is 66.7 cm³/mol.